The van der Waals surface area contributed by atoms with Gasteiger partial charge in [-0.25, -0.2) is 4.99 Å². The number of ether oxygens (including phenoxy) is 2. The Balaban J connectivity index is 1.83. The van der Waals surface area contributed by atoms with Gasteiger partial charge in [-0.3, -0.25) is 0 Å². The number of methoxy groups -OCH3 is 1. The van der Waals surface area contributed by atoms with Crippen LogP contribution in [-0.2, 0) is 16.0 Å². The number of aliphatic imine (C=N–C) groups is 1. The van der Waals surface area contributed by atoms with Gasteiger partial charge in [-0.1, -0.05) is 5.16 Å². The minimum atomic E-state index is 0.397. The fraction of sp³-hybridized carbons (Fsp3) is 0.800. The van der Waals surface area contributed by atoms with Crippen LogP contribution in [0.15, 0.2) is 9.52 Å². The third kappa shape index (κ3) is 5.80. The molecule has 130 valence electrons. The van der Waals surface area contributed by atoms with Crippen LogP contribution in [0.3, 0.4) is 0 Å². The molecular weight excluding hydrogens is 298 g/mol. The monoisotopic (exact) mass is 325 g/mol. The normalized spacial score (nSPS) is 18.7. The van der Waals surface area contributed by atoms with E-state index in [1.54, 1.807) is 14.0 Å². The number of likely N-dealkylation sites (tertiary alicyclic amines) is 1. The van der Waals surface area contributed by atoms with Crippen molar-refractivity contribution in [1.82, 2.24) is 20.4 Å². The largest absolute Gasteiger partial charge is 0.382 e. The summed E-state index contributed by atoms with van der Waals surface area (Å²) in [4.78, 5) is 11.0. The first-order valence-corrected chi connectivity index (χ1v) is 8.12. The second-order valence-corrected chi connectivity index (χ2v) is 5.57. The summed E-state index contributed by atoms with van der Waals surface area (Å²) < 4.78 is 15.7. The van der Waals surface area contributed by atoms with Crippen LogP contribution in [0.4, 0.5) is 0 Å². The van der Waals surface area contributed by atoms with E-state index in [9.17, 15) is 0 Å². The quantitative estimate of drug-likeness (QED) is 0.430. The summed E-state index contributed by atoms with van der Waals surface area (Å²) in [6.07, 6.45) is 1.11. The molecule has 1 unspecified atom stereocenters. The molecule has 1 aromatic rings. The molecule has 8 heteroatoms. The molecule has 1 aromatic heterocycles. The molecule has 1 aliphatic rings. The molecule has 0 bridgehead atoms. The van der Waals surface area contributed by atoms with Gasteiger partial charge in [0.05, 0.1) is 19.8 Å². The van der Waals surface area contributed by atoms with Crippen molar-refractivity contribution < 1.29 is 14.0 Å². The Bertz CT molecular complexity index is 491. The lowest BCUT2D eigenvalue weighted by Gasteiger charge is -2.21. The first-order chi connectivity index (χ1) is 11.2. The van der Waals surface area contributed by atoms with E-state index in [4.69, 9.17) is 14.0 Å². The zero-order valence-electron chi connectivity index (χ0n) is 14.2. The molecule has 0 saturated carbocycles. The van der Waals surface area contributed by atoms with E-state index in [1.807, 2.05) is 0 Å². The molecule has 0 aromatic carbocycles. The van der Waals surface area contributed by atoms with Crippen molar-refractivity contribution in [3.05, 3.63) is 11.7 Å². The highest BCUT2D eigenvalue weighted by atomic mass is 16.5. The summed E-state index contributed by atoms with van der Waals surface area (Å²) in [6, 6.07) is 0. The molecule has 1 atom stereocenters. The van der Waals surface area contributed by atoms with E-state index in [0.29, 0.717) is 37.4 Å². The Morgan fingerprint density at radius 2 is 2.35 bits per heavy atom. The Kier molecular flexibility index (Phi) is 7.28. The molecule has 8 nitrogen and oxygen atoms in total. The van der Waals surface area contributed by atoms with E-state index >= 15 is 0 Å². The van der Waals surface area contributed by atoms with Crippen molar-refractivity contribution in [2.45, 2.75) is 26.8 Å². The molecular formula is C15H27N5O3. The number of aromatic nitrogens is 2. The van der Waals surface area contributed by atoms with Gasteiger partial charge in [0.15, 0.2) is 11.8 Å². The highest BCUT2D eigenvalue weighted by Crippen LogP contribution is 2.17. The molecule has 1 fully saturated rings. The first kappa shape index (κ1) is 17.7. The smallest absolute Gasteiger partial charge is 0.248 e. The molecule has 1 N–H and O–H groups in total. The Hall–Kier alpha value is -1.67. The van der Waals surface area contributed by atoms with Gasteiger partial charge >= 0.3 is 0 Å². The summed E-state index contributed by atoms with van der Waals surface area (Å²) in [7, 11) is 1.69. The maximum atomic E-state index is 5.63. The van der Waals surface area contributed by atoms with Crippen molar-refractivity contribution in [3.63, 3.8) is 0 Å². The Morgan fingerprint density at radius 3 is 3.04 bits per heavy atom. The van der Waals surface area contributed by atoms with Crippen molar-refractivity contribution in [2.24, 2.45) is 10.9 Å². The summed E-state index contributed by atoms with van der Waals surface area (Å²) in [5.74, 6) is 2.59. The van der Waals surface area contributed by atoms with Gasteiger partial charge < -0.3 is 24.2 Å². The fourth-order valence-corrected chi connectivity index (χ4v) is 2.53. The SMILES string of the molecule is CCNC(=NCc1nc(C)no1)N1CCC(COCCOC)C1. The van der Waals surface area contributed by atoms with Crippen LogP contribution in [-0.4, -0.2) is 67.6 Å². The summed E-state index contributed by atoms with van der Waals surface area (Å²) in [5, 5.41) is 7.11. The van der Waals surface area contributed by atoms with Crippen molar-refractivity contribution in [1.29, 1.82) is 0 Å². The number of nitrogens with one attached hydrogen (secondary N) is 1. The van der Waals surface area contributed by atoms with Gasteiger partial charge in [-0.05, 0) is 20.3 Å². The van der Waals surface area contributed by atoms with E-state index in [2.05, 4.69) is 32.3 Å². The minimum Gasteiger partial charge on any atom is -0.382 e. The molecule has 1 saturated heterocycles. The highest BCUT2D eigenvalue weighted by molar-refractivity contribution is 5.80. The lowest BCUT2D eigenvalue weighted by molar-refractivity contribution is 0.0536. The van der Waals surface area contributed by atoms with Crippen molar-refractivity contribution in [3.8, 4) is 0 Å². The lowest BCUT2D eigenvalue weighted by Crippen LogP contribution is -2.40. The average Bonchev–Trinajstić information content (AvgIpc) is 3.17. The van der Waals surface area contributed by atoms with Gasteiger partial charge in [0.25, 0.3) is 0 Å². The predicted molar refractivity (Wildman–Crippen MR) is 86.2 cm³/mol. The number of aryl methyl sites for hydroxylation is 1. The molecule has 23 heavy (non-hydrogen) atoms. The molecule has 0 aliphatic carbocycles. The van der Waals surface area contributed by atoms with Gasteiger partial charge in [0.1, 0.15) is 6.54 Å². The van der Waals surface area contributed by atoms with Gasteiger partial charge in [-0.2, -0.15) is 4.98 Å². The average molecular weight is 325 g/mol. The number of hydrogen-bond acceptors (Lipinski definition) is 6. The topological polar surface area (TPSA) is 85.0 Å². The molecule has 0 spiro atoms. The Labute approximate surface area is 137 Å². The first-order valence-electron chi connectivity index (χ1n) is 8.12. The maximum Gasteiger partial charge on any atom is 0.248 e. The second-order valence-electron chi connectivity index (χ2n) is 5.57. The summed E-state index contributed by atoms with van der Waals surface area (Å²) in [6.45, 7) is 9.07. The zero-order chi connectivity index (χ0) is 16.5. The summed E-state index contributed by atoms with van der Waals surface area (Å²) >= 11 is 0. The van der Waals surface area contributed by atoms with E-state index in [1.165, 1.54) is 0 Å². The minimum absolute atomic E-state index is 0.397. The molecule has 1 aliphatic heterocycles. The Morgan fingerprint density at radius 1 is 1.48 bits per heavy atom. The van der Waals surface area contributed by atoms with Crippen molar-refractivity contribution in [2.75, 3.05) is 46.6 Å². The van der Waals surface area contributed by atoms with E-state index in [-0.39, 0.29) is 0 Å². The van der Waals surface area contributed by atoms with Gasteiger partial charge in [0, 0.05) is 32.7 Å². The predicted octanol–water partition coefficient (Wildman–Crippen LogP) is 0.828. The fourth-order valence-electron chi connectivity index (χ4n) is 2.53. The molecule has 0 radical (unpaired) electrons. The zero-order valence-corrected chi connectivity index (χ0v) is 14.2. The van der Waals surface area contributed by atoms with Crippen LogP contribution in [0.1, 0.15) is 25.1 Å². The van der Waals surface area contributed by atoms with Crippen LogP contribution in [0.5, 0.6) is 0 Å². The maximum absolute atomic E-state index is 5.63. The molecule has 2 rings (SSSR count). The van der Waals surface area contributed by atoms with Crippen molar-refractivity contribution >= 4 is 5.96 Å². The van der Waals surface area contributed by atoms with Crippen LogP contribution < -0.4 is 5.32 Å². The second kappa shape index (κ2) is 9.46. The highest BCUT2D eigenvalue weighted by Gasteiger charge is 2.25. The van der Waals surface area contributed by atoms with E-state index in [0.717, 1.165) is 38.6 Å². The number of hydrogen-bond donors (Lipinski definition) is 1. The van der Waals surface area contributed by atoms with Crippen LogP contribution in [0, 0.1) is 12.8 Å². The molecule has 2 heterocycles. The van der Waals surface area contributed by atoms with Crippen LogP contribution >= 0.6 is 0 Å². The third-order valence-electron chi connectivity index (χ3n) is 3.64. The van der Waals surface area contributed by atoms with Crippen LogP contribution in [0.2, 0.25) is 0 Å². The molecule has 0 amide bonds. The number of rotatable bonds is 8. The van der Waals surface area contributed by atoms with E-state index < -0.39 is 0 Å². The number of nitrogens with zero attached hydrogens (tertiary/aromatic N) is 4. The number of guanidine groups is 1. The van der Waals surface area contributed by atoms with Crippen LogP contribution in [0.25, 0.3) is 0 Å². The standard InChI is InChI=1S/C15H27N5O3/c1-4-16-15(17-9-14-18-12(2)19-23-14)20-6-5-13(10-20)11-22-8-7-21-3/h13H,4-11H2,1-3H3,(H,16,17). The van der Waals surface area contributed by atoms with Gasteiger partial charge in [0.2, 0.25) is 5.89 Å². The third-order valence-corrected chi connectivity index (χ3v) is 3.64. The lowest BCUT2D eigenvalue weighted by atomic mass is 10.1. The van der Waals surface area contributed by atoms with Gasteiger partial charge in [-0.15, -0.1) is 0 Å². The summed E-state index contributed by atoms with van der Waals surface area (Å²) in [5.41, 5.74) is 0.